The van der Waals surface area contributed by atoms with Crippen molar-refractivity contribution in [2.45, 2.75) is 66.2 Å². The Bertz CT molecular complexity index is 394. The molecule has 0 aliphatic heterocycles. The number of aliphatic carboxylic acids is 2. The molecule has 2 atom stereocenters. The summed E-state index contributed by atoms with van der Waals surface area (Å²) >= 11 is 0. The molecule has 0 saturated heterocycles. The smallest absolute Gasteiger partial charge is 0.307 e. The van der Waals surface area contributed by atoms with Crippen molar-refractivity contribution in [2.24, 2.45) is 23.7 Å². The van der Waals surface area contributed by atoms with Gasteiger partial charge < -0.3 is 10.2 Å². The minimum atomic E-state index is -0.975. The first kappa shape index (κ1) is 18.7. The molecule has 0 fully saturated rings. The Balaban J connectivity index is 2.99. The minimum absolute atomic E-state index is 0.409. The molecular weight excluding hydrogens is 280 g/mol. The Morgan fingerprint density at radius 1 is 0.864 bits per heavy atom. The summed E-state index contributed by atoms with van der Waals surface area (Å²) in [5.74, 6) is -2.36. The summed E-state index contributed by atoms with van der Waals surface area (Å²) in [5.41, 5.74) is 2.42. The van der Waals surface area contributed by atoms with Crippen molar-refractivity contribution in [2.75, 3.05) is 0 Å². The zero-order valence-electron chi connectivity index (χ0n) is 14.3. The van der Waals surface area contributed by atoms with Crippen molar-refractivity contribution in [1.29, 1.82) is 0 Å². The molecule has 0 amide bonds. The standard InChI is InChI=1S/C18H30O4/c1-11(2)5-7-13-9-15(17(19)20)16(18(21)22)10-14(13)8-6-12(3)4/h11-12,15-16H,5-10H2,1-4H3,(H,19,20)(H,21,22). The fourth-order valence-corrected chi connectivity index (χ4v) is 3.11. The largest absolute Gasteiger partial charge is 0.481 e. The van der Waals surface area contributed by atoms with E-state index in [0.717, 1.165) is 25.7 Å². The highest BCUT2D eigenvalue weighted by molar-refractivity contribution is 5.81. The molecule has 0 aromatic heterocycles. The summed E-state index contributed by atoms with van der Waals surface area (Å²) in [4.78, 5) is 22.9. The number of hydrogen-bond donors (Lipinski definition) is 2. The highest BCUT2D eigenvalue weighted by Crippen LogP contribution is 2.39. The number of carbonyl (C=O) groups is 2. The molecule has 1 aliphatic rings. The van der Waals surface area contributed by atoms with Crippen molar-refractivity contribution < 1.29 is 19.8 Å². The van der Waals surface area contributed by atoms with E-state index in [1.54, 1.807) is 0 Å². The number of hydrogen-bond acceptors (Lipinski definition) is 2. The predicted molar refractivity (Wildman–Crippen MR) is 86.7 cm³/mol. The van der Waals surface area contributed by atoms with Crippen LogP contribution in [0.1, 0.15) is 66.2 Å². The molecule has 22 heavy (non-hydrogen) atoms. The zero-order valence-corrected chi connectivity index (χ0v) is 14.3. The third-order valence-electron chi connectivity index (χ3n) is 4.60. The van der Waals surface area contributed by atoms with Crippen molar-refractivity contribution in [3.8, 4) is 0 Å². The number of allylic oxidation sites excluding steroid dienone is 2. The van der Waals surface area contributed by atoms with Crippen LogP contribution < -0.4 is 0 Å². The number of carboxylic acid groups (broad SMARTS) is 2. The van der Waals surface area contributed by atoms with E-state index in [0.29, 0.717) is 24.7 Å². The second kappa shape index (κ2) is 8.35. The molecule has 0 aromatic carbocycles. The maximum Gasteiger partial charge on any atom is 0.307 e. The average molecular weight is 310 g/mol. The van der Waals surface area contributed by atoms with Crippen LogP contribution >= 0.6 is 0 Å². The van der Waals surface area contributed by atoms with Gasteiger partial charge in [0, 0.05) is 0 Å². The average Bonchev–Trinajstić information content (AvgIpc) is 2.41. The van der Waals surface area contributed by atoms with Crippen molar-refractivity contribution in [1.82, 2.24) is 0 Å². The van der Waals surface area contributed by atoms with E-state index in [4.69, 9.17) is 0 Å². The molecule has 0 spiro atoms. The van der Waals surface area contributed by atoms with Crippen molar-refractivity contribution >= 4 is 11.9 Å². The first-order valence-electron chi connectivity index (χ1n) is 8.37. The summed E-state index contributed by atoms with van der Waals surface area (Å²) in [6, 6.07) is 0. The van der Waals surface area contributed by atoms with Gasteiger partial charge in [0.25, 0.3) is 0 Å². The van der Waals surface area contributed by atoms with E-state index in [9.17, 15) is 19.8 Å². The van der Waals surface area contributed by atoms with E-state index < -0.39 is 23.8 Å². The Labute approximate surface area is 133 Å². The third-order valence-corrected chi connectivity index (χ3v) is 4.60. The SMILES string of the molecule is CC(C)CCC1=C(CCC(C)C)CC(C(=O)O)C(C(=O)O)C1. The van der Waals surface area contributed by atoms with Gasteiger partial charge >= 0.3 is 11.9 Å². The first-order valence-corrected chi connectivity index (χ1v) is 8.37. The van der Waals surface area contributed by atoms with Gasteiger partial charge in [0.05, 0.1) is 11.8 Å². The number of carboxylic acids is 2. The van der Waals surface area contributed by atoms with Gasteiger partial charge in [0.2, 0.25) is 0 Å². The Morgan fingerprint density at radius 2 is 1.18 bits per heavy atom. The van der Waals surface area contributed by atoms with Gasteiger partial charge in [0.15, 0.2) is 0 Å². The molecule has 0 radical (unpaired) electrons. The molecule has 0 heterocycles. The highest BCUT2D eigenvalue weighted by Gasteiger charge is 2.38. The van der Waals surface area contributed by atoms with Crippen LogP contribution in [0.4, 0.5) is 0 Å². The molecule has 126 valence electrons. The van der Waals surface area contributed by atoms with E-state index in [1.165, 1.54) is 11.1 Å². The lowest BCUT2D eigenvalue weighted by Gasteiger charge is -2.31. The molecule has 2 N–H and O–H groups in total. The minimum Gasteiger partial charge on any atom is -0.481 e. The maximum absolute atomic E-state index is 11.4. The monoisotopic (exact) mass is 310 g/mol. The molecule has 4 nitrogen and oxygen atoms in total. The van der Waals surface area contributed by atoms with Crippen LogP contribution in [0.25, 0.3) is 0 Å². The van der Waals surface area contributed by atoms with Crippen LogP contribution in [-0.4, -0.2) is 22.2 Å². The van der Waals surface area contributed by atoms with Crippen molar-refractivity contribution in [3.63, 3.8) is 0 Å². The maximum atomic E-state index is 11.4. The fraction of sp³-hybridized carbons (Fsp3) is 0.778. The van der Waals surface area contributed by atoms with Gasteiger partial charge in [-0.25, -0.2) is 0 Å². The molecule has 1 rings (SSSR count). The van der Waals surface area contributed by atoms with Crippen LogP contribution in [0.2, 0.25) is 0 Å². The van der Waals surface area contributed by atoms with Crippen LogP contribution in [0.15, 0.2) is 11.1 Å². The quantitative estimate of drug-likeness (QED) is 0.654. The predicted octanol–water partition coefficient (Wildman–Crippen LogP) is 4.35. The normalized spacial score (nSPS) is 22.5. The van der Waals surface area contributed by atoms with Gasteiger partial charge in [-0.2, -0.15) is 0 Å². The van der Waals surface area contributed by atoms with Crippen LogP contribution in [0.5, 0.6) is 0 Å². The van der Waals surface area contributed by atoms with E-state index in [1.807, 2.05) is 0 Å². The summed E-state index contributed by atoms with van der Waals surface area (Å²) in [6.07, 6.45) is 4.69. The Morgan fingerprint density at radius 3 is 1.41 bits per heavy atom. The Kier molecular flexibility index (Phi) is 7.11. The molecular formula is C18H30O4. The summed E-state index contributed by atoms with van der Waals surface area (Å²) in [6.45, 7) is 8.63. The van der Waals surface area contributed by atoms with E-state index >= 15 is 0 Å². The lowest BCUT2D eigenvalue weighted by atomic mass is 9.73. The summed E-state index contributed by atoms with van der Waals surface area (Å²) < 4.78 is 0. The lowest BCUT2D eigenvalue weighted by molar-refractivity contribution is -0.154. The second-order valence-corrected chi connectivity index (χ2v) is 7.37. The molecule has 0 aromatic rings. The molecule has 0 saturated carbocycles. The third kappa shape index (κ3) is 5.47. The van der Waals surface area contributed by atoms with Gasteiger partial charge in [-0.15, -0.1) is 0 Å². The second-order valence-electron chi connectivity index (χ2n) is 7.37. The Hall–Kier alpha value is -1.32. The zero-order chi connectivity index (χ0) is 16.9. The van der Waals surface area contributed by atoms with E-state index in [-0.39, 0.29) is 0 Å². The van der Waals surface area contributed by atoms with Gasteiger partial charge in [0.1, 0.15) is 0 Å². The fourth-order valence-electron chi connectivity index (χ4n) is 3.11. The molecule has 2 unspecified atom stereocenters. The molecule has 4 heteroatoms. The van der Waals surface area contributed by atoms with Gasteiger partial charge in [-0.1, -0.05) is 38.8 Å². The molecule has 1 aliphatic carbocycles. The van der Waals surface area contributed by atoms with Crippen molar-refractivity contribution in [3.05, 3.63) is 11.1 Å². The lowest BCUT2D eigenvalue weighted by Crippen LogP contribution is -2.34. The topological polar surface area (TPSA) is 74.6 Å². The van der Waals surface area contributed by atoms with E-state index in [2.05, 4.69) is 27.7 Å². The summed E-state index contributed by atoms with van der Waals surface area (Å²) in [5, 5.41) is 18.7. The van der Waals surface area contributed by atoms with Crippen LogP contribution in [0, 0.1) is 23.7 Å². The highest BCUT2D eigenvalue weighted by atomic mass is 16.4. The first-order chi connectivity index (χ1) is 10.2. The van der Waals surface area contributed by atoms with Crippen LogP contribution in [-0.2, 0) is 9.59 Å². The van der Waals surface area contributed by atoms with Gasteiger partial charge in [-0.3, -0.25) is 9.59 Å². The summed E-state index contributed by atoms with van der Waals surface area (Å²) in [7, 11) is 0. The number of rotatable bonds is 8. The van der Waals surface area contributed by atoms with Gasteiger partial charge in [-0.05, 0) is 50.4 Å². The molecule has 0 bridgehead atoms. The van der Waals surface area contributed by atoms with Crippen LogP contribution in [0.3, 0.4) is 0 Å².